The molecule has 40 heavy (non-hydrogen) atoms. The second-order valence-corrected chi connectivity index (χ2v) is 9.33. The van der Waals surface area contributed by atoms with Crippen LogP contribution < -0.4 is 10.1 Å². The number of aromatic nitrogens is 5. The molecule has 1 aliphatic heterocycles. The van der Waals surface area contributed by atoms with Gasteiger partial charge in [0, 0.05) is 23.9 Å². The van der Waals surface area contributed by atoms with E-state index in [0.29, 0.717) is 27.8 Å². The highest BCUT2D eigenvalue weighted by atomic mass is 35.5. The van der Waals surface area contributed by atoms with Crippen LogP contribution in [0.4, 0.5) is 29.2 Å². The van der Waals surface area contributed by atoms with Gasteiger partial charge in [-0.2, -0.15) is 18.2 Å². The summed E-state index contributed by atoms with van der Waals surface area (Å²) in [4.78, 5) is 20.1. The van der Waals surface area contributed by atoms with Gasteiger partial charge in [0.2, 0.25) is 5.95 Å². The van der Waals surface area contributed by atoms with Crippen LogP contribution in [0.25, 0.3) is 5.69 Å². The van der Waals surface area contributed by atoms with Gasteiger partial charge in [-0.3, -0.25) is 0 Å². The molecule has 0 amide bonds. The van der Waals surface area contributed by atoms with E-state index in [1.807, 2.05) is 0 Å². The van der Waals surface area contributed by atoms with Gasteiger partial charge < -0.3 is 24.5 Å². The molecule has 0 saturated heterocycles. The van der Waals surface area contributed by atoms with Gasteiger partial charge in [-0.1, -0.05) is 23.7 Å². The summed E-state index contributed by atoms with van der Waals surface area (Å²) < 4.78 is 65.3. The minimum absolute atomic E-state index is 0.0832. The molecule has 0 radical (unpaired) electrons. The summed E-state index contributed by atoms with van der Waals surface area (Å²) in [5.74, 6) is -2.80. The molecule has 0 fully saturated rings. The Kier molecular flexibility index (Phi) is 7.38. The highest BCUT2D eigenvalue weighted by Crippen LogP contribution is 2.35. The molecule has 3 atom stereocenters. The maximum Gasteiger partial charge on any atom is 0.490 e. The number of esters is 1. The van der Waals surface area contributed by atoms with Gasteiger partial charge in [0.05, 0.1) is 25.4 Å². The molecule has 2 aromatic heterocycles. The van der Waals surface area contributed by atoms with Crippen LogP contribution in [0.15, 0.2) is 55.0 Å². The second-order valence-electron chi connectivity index (χ2n) is 8.94. The number of nitrogens with one attached hydrogen (secondary N) is 1. The maximum absolute atomic E-state index is 13.6. The molecule has 2 aromatic carbocycles. The van der Waals surface area contributed by atoms with E-state index in [1.165, 1.54) is 42.4 Å². The highest BCUT2D eigenvalue weighted by molar-refractivity contribution is 6.29. The number of anilines is 2. The molecule has 15 heteroatoms. The van der Waals surface area contributed by atoms with Crippen LogP contribution >= 0.6 is 11.6 Å². The summed E-state index contributed by atoms with van der Waals surface area (Å²) in [6.45, 7) is -0.395. The number of benzene rings is 2. The first-order valence-corrected chi connectivity index (χ1v) is 12.2. The summed E-state index contributed by atoms with van der Waals surface area (Å²) >= 11 is 5.92. The number of alkyl halides is 3. The van der Waals surface area contributed by atoms with Crippen molar-refractivity contribution in [1.82, 2.24) is 24.3 Å². The molecule has 1 aliphatic rings. The van der Waals surface area contributed by atoms with Gasteiger partial charge in [-0.05, 0) is 36.2 Å². The molecule has 0 spiro atoms. The van der Waals surface area contributed by atoms with Crippen molar-refractivity contribution < 1.29 is 36.9 Å². The zero-order valence-electron chi connectivity index (χ0n) is 20.6. The van der Waals surface area contributed by atoms with Crippen LogP contribution in [0.1, 0.15) is 23.7 Å². The van der Waals surface area contributed by atoms with Gasteiger partial charge in [-0.25, -0.2) is 18.9 Å². The normalized spacial score (nSPS) is 19.0. The minimum Gasteiger partial charge on any atom is -0.494 e. The van der Waals surface area contributed by atoms with Crippen molar-refractivity contribution in [2.75, 3.05) is 12.4 Å². The van der Waals surface area contributed by atoms with Crippen LogP contribution in [0.5, 0.6) is 5.75 Å². The quantitative estimate of drug-likeness (QED) is 0.255. The first kappa shape index (κ1) is 27.4. The van der Waals surface area contributed by atoms with Crippen molar-refractivity contribution in [2.45, 2.75) is 37.3 Å². The number of imidazole rings is 1. The fourth-order valence-corrected chi connectivity index (χ4v) is 4.57. The van der Waals surface area contributed by atoms with Crippen molar-refractivity contribution >= 4 is 29.2 Å². The molecule has 3 heterocycles. The number of halogens is 5. The van der Waals surface area contributed by atoms with Crippen LogP contribution in [0.2, 0.25) is 5.15 Å². The molecular formula is C25H21ClF4N6O4. The van der Waals surface area contributed by atoms with Gasteiger partial charge in [-0.15, -0.1) is 5.10 Å². The largest absolute Gasteiger partial charge is 0.494 e. The third kappa shape index (κ3) is 5.72. The summed E-state index contributed by atoms with van der Waals surface area (Å²) in [5.41, 5.74) is 1.71. The van der Waals surface area contributed by atoms with Gasteiger partial charge in [0.15, 0.2) is 0 Å². The number of aliphatic hydroxyl groups excluding tert-OH is 1. The average Bonchev–Trinajstić information content (AvgIpc) is 3.49. The van der Waals surface area contributed by atoms with E-state index in [-0.39, 0.29) is 18.2 Å². The van der Waals surface area contributed by atoms with Crippen molar-refractivity contribution in [2.24, 2.45) is 0 Å². The molecule has 4 aromatic rings. The highest BCUT2D eigenvalue weighted by Gasteiger charge is 2.45. The fourth-order valence-electron chi connectivity index (χ4n) is 4.42. The summed E-state index contributed by atoms with van der Waals surface area (Å²) in [5, 5.41) is 18.4. The lowest BCUT2D eigenvalue weighted by Gasteiger charge is -2.22. The third-order valence-electron chi connectivity index (χ3n) is 6.30. The Morgan fingerprint density at radius 1 is 1.20 bits per heavy atom. The molecule has 0 aliphatic carbocycles. The zero-order chi connectivity index (χ0) is 28.6. The van der Waals surface area contributed by atoms with Crippen LogP contribution in [0.3, 0.4) is 0 Å². The molecule has 0 saturated carbocycles. The fraction of sp³-hybridized carbons (Fsp3) is 0.280. The average molecular weight is 581 g/mol. The van der Waals surface area contributed by atoms with Crippen LogP contribution in [0, 0.1) is 5.82 Å². The number of rotatable bonds is 6. The van der Waals surface area contributed by atoms with Crippen molar-refractivity contribution in [3.05, 3.63) is 77.3 Å². The predicted octanol–water partition coefficient (Wildman–Crippen LogP) is 4.38. The molecule has 0 unspecified atom stereocenters. The molecule has 0 bridgehead atoms. The van der Waals surface area contributed by atoms with Crippen LogP contribution in [-0.4, -0.2) is 60.9 Å². The van der Waals surface area contributed by atoms with Gasteiger partial charge >= 0.3 is 12.1 Å². The third-order valence-corrected chi connectivity index (χ3v) is 6.49. The van der Waals surface area contributed by atoms with Crippen molar-refractivity contribution in [3.63, 3.8) is 0 Å². The number of nitrogens with zero attached hydrogens (tertiary/aromatic N) is 5. The second kappa shape index (κ2) is 10.8. The van der Waals surface area contributed by atoms with Crippen molar-refractivity contribution in [1.29, 1.82) is 0 Å². The summed E-state index contributed by atoms with van der Waals surface area (Å²) in [6.07, 6.45) is -5.31. The summed E-state index contributed by atoms with van der Waals surface area (Å²) in [6, 6.07) is 10.5. The van der Waals surface area contributed by atoms with E-state index < -0.39 is 42.6 Å². The number of hydrogen-bond acceptors (Lipinski definition) is 8. The number of hydrogen-bond donors (Lipinski definition) is 2. The first-order valence-electron chi connectivity index (χ1n) is 11.8. The van der Waals surface area contributed by atoms with E-state index in [2.05, 4.69) is 25.1 Å². The van der Waals surface area contributed by atoms with E-state index in [0.717, 1.165) is 0 Å². The molecule has 2 N–H and O–H groups in total. The van der Waals surface area contributed by atoms with Crippen LogP contribution in [-0.2, 0) is 16.1 Å². The van der Waals surface area contributed by atoms with E-state index in [1.54, 1.807) is 29.0 Å². The van der Waals surface area contributed by atoms with E-state index in [9.17, 15) is 27.5 Å². The lowest BCUT2D eigenvalue weighted by Crippen LogP contribution is -2.38. The maximum atomic E-state index is 13.6. The van der Waals surface area contributed by atoms with Gasteiger partial charge in [0.1, 0.15) is 35.0 Å². The zero-order valence-corrected chi connectivity index (χ0v) is 21.4. The molecule has 10 nitrogen and oxygen atoms in total. The Hall–Kier alpha value is -4.17. The monoisotopic (exact) mass is 580 g/mol. The predicted molar refractivity (Wildman–Crippen MR) is 133 cm³/mol. The van der Waals surface area contributed by atoms with Crippen molar-refractivity contribution in [3.8, 4) is 11.4 Å². The number of methoxy groups -OCH3 is 1. The smallest absolute Gasteiger partial charge is 0.490 e. The lowest BCUT2D eigenvalue weighted by atomic mass is 9.92. The number of fused-ring (bicyclic) bond motifs is 1. The summed E-state index contributed by atoms with van der Waals surface area (Å²) in [7, 11) is 1.49. The number of aliphatic hydroxyl groups is 1. The molecule has 5 rings (SSSR count). The Morgan fingerprint density at radius 3 is 2.60 bits per heavy atom. The standard InChI is InChI=1S/C25H21ClF4N6O4/c1-39-19-8-15(6-7-17(19)35-11-21(26)31-12-35)32-24-33-22-16(13-2-4-14(27)5-3-13)9-18(37)20(10-36(22)34-24)40-23(38)25(28,29)30/h2-8,11-12,16,18,20,37H,9-10H2,1H3,(H,32,34)/t16-,18-,20+/m1/s1. The Labute approximate surface area is 229 Å². The topological polar surface area (TPSA) is 116 Å². The first-order chi connectivity index (χ1) is 19.0. The van der Waals surface area contributed by atoms with E-state index >= 15 is 0 Å². The lowest BCUT2D eigenvalue weighted by molar-refractivity contribution is -0.210. The number of carbonyl (C=O) groups excluding carboxylic acids is 1. The molecular weight excluding hydrogens is 560 g/mol. The minimum atomic E-state index is -5.24. The van der Waals surface area contributed by atoms with Gasteiger partial charge in [0.25, 0.3) is 0 Å². The Morgan fingerprint density at radius 2 is 1.95 bits per heavy atom. The Balaban J connectivity index is 1.47. The van der Waals surface area contributed by atoms with E-state index in [4.69, 9.17) is 16.3 Å². The Bertz CT molecular complexity index is 1520. The molecule has 210 valence electrons. The SMILES string of the molecule is COc1cc(Nc2nc3n(n2)C[C@H](OC(=O)C(F)(F)F)[C@H](O)C[C@@H]3c2ccc(F)cc2)ccc1-n1cnc(Cl)c1. The number of carbonyl (C=O) groups is 1. The number of ether oxygens (including phenoxy) is 2.